The third kappa shape index (κ3) is 6.26. The van der Waals surface area contributed by atoms with Gasteiger partial charge in [0.05, 0.1) is 11.3 Å². The van der Waals surface area contributed by atoms with Gasteiger partial charge in [0.25, 0.3) is 5.91 Å². The Hall–Kier alpha value is -2.02. The highest BCUT2D eigenvalue weighted by Gasteiger charge is 2.29. The summed E-state index contributed by atoms with van der Waals surface area (Å²) in [6, 6.07) is 7.38. The molecule has 0 bridgehead atoms. The molecule has 2 atom stereocenters. The van der Waals surface area contributed by atoms with Gasteiger partial charge in [-0.15, -0.1) is 11.8 Å². The van der Waals surface area contributed by atoms with E-state index in [2.05, 4.69) is 5.32 Å². The first-order valence-corrected chi connectivity index (χ1v) is 10.8. The molecule has 2 rings (SSSR count). The summed E-state index contributed by atoms with van der Waals surface area (Å²) in [4.78, 5) is 39.4. The normalized spacial score (nSPS) is 19.4. The molecule has 2 amide bonds. The van der Waals surface area contributed by atoms with Crippen LogP contribution in [-0.2, 0) is 14.3 Å². The molecule has 0 aromatic heterocycles. The summed E-state index contributed by atoms with van der Waals surface area (Å²) in [5, 5.41) is 2.82. The molecule has 1 aromatic carbocycles. The highest BCUT2D eigenvalue weighted by Crippen LogP contribution is 2.24. The van der Waals surface area contributed by atoms with Crippen molar-refractivity contribution in [1.82, 2.24) is 10.2 Å². The quantitative estimate of drug-likeness (QED) is 0.556. The number of likely N-dealkylation sites (tertiary alicyclic amines) is 1. The van der Waals surface area contributed by atoms with E-state index in [1.54, 1.807) is 18.2 Å². The third-order valence-electron chi connectivity index (χ3n) is 4.72. The minimum atomic E-state index is -0.543. The molecule has 0 unspecified atom stereocenters. The van der Waals surface area contributed by atoms with Gasteiger partial charge in [0.15, 0.2) is 6.61 Å². The Labute approximate surface area is 171 Å². The van der Waals surface area contributed by atoms with Gasteiger partial charge in [0.1, 0.15) is 0 Å². The molecule has 1 fully saturated rings. The first kappa shape index (κ1) is 22.3. The summed E-state index contributed by atoms with van der Waals surface area (Å²) in [5.74, 6) is -0.580. The molecule has 0 saturated carbocycles. The van der Waals surface area contributed by atoms with E-state index in [9.17, 15) is 14.4 Å². The topological polar surface area (TPSA) is 75.7 Å². The van der Waals surface area contributed by atoms with E-state index in [-0.39, 0.29) is 42.3 Å². The van der Waals surface area contributed by atoms with Crippen molar-refractivity contribution < 1.29 is 19.1 Å². The van der Waals surface area contributed by atoms with E-state index >= 15 is 0 Å². The average molecular weight is 407 g/mol. The van der Waals surface area contributed by atoms with Gasteiger partial charge in [-0.25, -0.2) is 4.79 Å². The maximum atomic E-state index is 12.5. The van der Waals surface area contributed by atoms with Crippen molar-refractivity contribution in [2.45, 2.75) is 70.0 Å². The largest absolute Gasteiger partial charge is 0.452 e. The summed E-state index contributed by atoms with van der Waals surface area (Å²) in [6.45, 7) is 7.59. The number of benzene rings is 1. The second-order valence-electron chi connectivity index (χ2n) is 7.51. The van der Waals surface area contributed by atoms with E-state index in [0.29, 0.717) is 10.5 Å². The van der Waals surface area contributed by atoms with Crippen LogP contribution in [0.15, 0.2) is 29.2 Å². The number of nitrogens with zero attached hydrogens (tertiary/aromatic N) is 1. The van der Waals surface area contributed by atoms with Crippen LogP contribution in [0.3, 0.4) is 0 Å². The zero-order chi connectivity index (χ0) is 20.7. The fraction of sp³-hybridized carbons (Fsp3) is 0.571. The van der Waals surface area contributed by atoms with Gasteiger partial charge in [-0.3, -0.25) is 9.59 Å². The summed E-state index contributed by atoms with van der Waals surface area (Å²) in [7, 11) is 0. The lowest BCUT2D eigenvalue weighted by atomic mass is 9.97. The number of carbonyl (C=O) groups excluding carboxylic acids is 3. The summed E-state index contributed by atoms with van der Waals surface area (Å²) >= 11 is 1.28. The van der Waals surface area contributed by atoms with Crippen molar-refractivity contribution in [2.75, 3.05) is 12.4 Å². The van der Waals surface area contributed by atoms with Crippen LogP contribution in [0.4, 0.5) is 0 Å². The van der Waals surface area contributed by atoms with Crippen LogP contribution >= 0.6 is 11.8 Å². The second kappa shape index (κ2) is 10.5. The number of piperidine rings is 1. The van der Waals surface area contributed by atoms with Gasteiger partial charge in [-0.05, 0) is 59.1 Å². The Kier molecular flexibility index (Phi) is 8.35. The lowest BCUT2D eigenvalue weighted by Crippen LogP contribution is -2.49. The number of ether oxygens (including phenoxy) is 1. The SMILES string of the molecule is CC(C)NC(=O)CSc1ccccc1C(=O)OCC(=O)N1[C@@H](C)CCC[C@@H]1C. The molecule has 0 spiro atoms. The minimum Gasteiger partial charge on any atom is -0.452 e. The molecule has 6 nitrogen and oxygen atoms in total. The number of carbonyl (C=O) groups is 3. The molecular formula is C21H30N2O4S. The van der Waals surface area contributed by atoms with Crippen LogP contribution in [-0.4, -0.2) is 53.2 Å². The van der Waals surface area contributed by atoms with Crippen molar-refractivity contribution in [3.05, 3.63) is 29.8 Å². The highest BCUT2D eigenvalue weighted by atomic mass is 32.2. The lowest BCUT2D eigenvalue weighted by molar-refractivity contribution is -0.140. The Bertz CT molecular complexity index is 697. The maximum Gasteiger partial charge on any atom is 0.339 e. The second-order valence-corrected chi connectivity index (χ2v) is 8.53. The van der Waals surface area contributed by atoms with E-state index in [1.165, 1.54) is 11.8 Å². The van der Waals surface area contributed by atoms with Crippen LogP contribution in [0.25, 0.3) is 0 Å². The van der Waals surface area contributed by atoms with Crippen molar-refractivity contribution in [2.24, 2.45) is 0 Å². The molecule has 1 aliphatic rings. The first-order chi connectivity index (χ1) is 13.3. The van der Waals surface area contributed by atoms with Gasteiger partial charge in [0.2, 0.25) is 5.91 Å². The van der Waals surface area contributed by atoms with Gasteiger partial charge in [0, 0.05) is 23.0 Å². The number of nitrogens with one attached hydrogen (secondary N) is 1. The fourth-order valence-electron chi connectivity index (χ4n) is 3.46. The molecule has 1 saturated heterocycles. The zero-order valence-corrected chi connectivity index (χ0v) is 17.9. The van der Waals surface area contributed by atoms with Gasteiger partial charge in [-0.2, -0.15) is 0 Å². The van der Waals surface area contributed by atoms with Crippen molar-refractivity contribution in [3.63, 3.8) is 0 Å². The number of hydrogen-bond acceptors (Lipinski definition) is 5. The molecule has 0 radical (unpaired) electrons. The Balaban J connectivity index is 1.95. The molecule has 1 heterocycles. The molecule has 1 aliphatic heterocycles. The van der Waals surface area contributed by atoms with Crippen LogP contribution in [0.1, 0.15) is 57.3 Å². The van der Waals surface area contributed by atoms with E-state index in [4.69, 9.17) is 4.74 Å². The average Bonchev–Trinajstić information content (AvgIpc) is 2.64. The number of rotatable bonds is 7. The summed E-state index contributed by atoms with van der Waals surface area (Å²) in [6.07, 6.45) is 3.06. The predicted octanol–water partition coefficient (Wildman–Crippen LogP) is 3.25. The predicted molar refractivity (Wildman–Crippen MR) is 110 cm³/mol. The number of amides is 2. The molecule has 154 valence electrons. The van der Waals surface area contributed by atoms with E-state index in [0.717, 1.165) is 19.3 Å². The summed E-state index contributed by atoms with van der Waals surface area (Å²) < 4.78 is 5.31. The smallest absolute Gasteiger partial charge is 0.339 e. The van der Waals surface area contributed by atoms with Crippen LogP contribution in [0.2, 0.25) is 0 Å². The maximum absolute atomic E-state index is 12.5. The number of thioether (sulfide) groups is 1. The molecule has 0 aliphatic carbocycles. The van der Waals surface area contributed by atoms with Crippen LogP contribution in [0, 0.1) is 0 Å². The van der Waals surface area contributed by atoms with Crippen molar-refractivity contribution in [1.29, 1.82) is 0 Å². The van der Waals surface area contributed by atoms with Gasteiger partial charge < -0.3 is 15.0 Å². The fourth-order valence-corrected chi connectivity index (χ4v) is 4.31. The first-order valence-electron chi connectivity index (χ1n) is 9.79. The van der Waals surface area contributed by atoms with E-state index in [1.807, 2.05) is 38.7 Å². The molecular weight excluding hydrogens is 376 g/mol. The summed E-state index contributed by atoms with van der Waals surface area (Å²) in [5.41, 5.74) is 0.373. The Morgan fingerprint density at radius 1 is 1.18 bits per heavy atom. The Morgan fingerprint density at radius 3 is 2.46 bits per heavy atom. The number of hydrogen-bond donors (Lipinski definition) is 1. The van der Waals surface area contributed by atoms with Gasteiger partial charge >= 0.3 is 5.97 Å². The molecule has 1 aromatic rings. The zero-order valence-electron chi connectivity index (χ0n) is 17.1. The monoisotopic (exact) mass is 406 g/mol. The molecule has 28 heavy (non-hydrogen) atoms. The van der Waals surface area contributed by atoms with Gasteiger partial charge in [-0.1, -0.05) is 12.1 Å². The van der Waals surface area contributed by atoms with Crippen molar-refractivity contribution in [3.8, 4) is 0 Å². The molecule has 7 heteroatoms. The minimum absolute atomic E-state index is 0.0684. The number of esters is 1. The standard InChI is InChI=1S/C21H30N2O4S/c1-14(2)22-19(24)13-28-18-11-6-5-10-17(18)21(26)27-12-20(25)23-15(3)8-7-9-16(23)4/h5-6,10-11,14-16H,7-9,12-13H2,1-4H3,(H,22,24)/t15-,16-/m0/s1. The highest BCUT2D eigenvalue weighted by molar-refractivity contribution is 8.00. The van der Waals surface area contributed by atoms with Crippen LogP contribution in [0.5, 0.6) is 0 Å². The van der Waals surface area contributed by atoms with Crippen LogP contribution < -0.4 is 5.32 Å². The third-order valence-corrected chi connectivity index (χ3v) is 5.80. The molecule has 1 N–H and O–H groups in total. The van der Waals surface area contributed by atoms with E-state index < -0.39 is 5.97 Å². The Morgan fingerprint density at radius 2 is 1.82 bits per heavy atom. The lowest BCUT2D eigenvalue weighted by Gasteiger charge is -2.38. The van der Waals surface area contributed by atoms with Crippen molar-refractivity contribution >= 4 is 29.5 Å².